The molecule has 17 heavy (non-hydrogen) atoms. The van der Waals surface area contributed by atoms with Gasteiger partial charge < -0.3 is 9.94 Å². The topological polar surface area (TPSA) is 41.8 Å². The number of hydrogen-bond acceptors (Lipinski definition) is 3. The lowest BCUT2D eigenvalue weighted by atomic mass is 9.88. The maximum atomic E-state index is 9.19. The molecule has 1 aliphatic rings. The number of aliphatic hydroxyl groups is 1. The number of nitrogens with zero attached hydrogens (tertiary/aromatic N) is 1. The van der Waals surface area contributed by atoms with Crippen molar-refractivity contribution in [1.82, 2.24) is 0 Å². The van der Waals surface area contributed by atoms with Crippen molar-refractivity contribution in [1.29, 1.82) is 0 Å². The van der Waals surface area contributed by atoms with Crippen molar-refractivity contribution in [3.63, 3.8) is 0 Å². The first-order chi connectivity index (χ1) is 8.04. The zero-order valence-corrected chi connectivity index (χ0v) is 10.8. The van der Waals surface area contributed by atoms with Gasteiger partial charge >= 0.3 is 0 Å². The molecule has 2 atom stereocenters. The highest BCUT2D eigenvalue weighted by atomic mass is 16.6. The maximum Gasteiger partial charge on any atom is 0.158 e. The van der Waals surface area contributed by atoms with E-state index in [2.05, 4.69) is 38.1 Å². The maximum absolute atomic E-state index is 9.19. The van der Waals surface area contributed by atoms with E-state index in [1.54, 1.807) is 0 Å². The third-order valence-electron chi connectivity index (χ3n) is 3.39. The molecule has 92 valence electrons. The standard InChI is InChI=1S/C14H19NO2/c1-8-5-9(2)13(10(3)6-8)14-11(4)12(7-16)17-15-14/h5-6,11-12,16H,7H2,1-4H3/t11-,12-/m0/s1. The number of aliphatic hydroxyl groups excluding tert-OH is 1. The van der Waals surface area contributed by atoms with Gasteiger partial charge in [-0.1, -0.05) is 29.8 Å². The molecule has 1 aromatic carbocycles. The molecular formula is C14H19NO2. The van der Waals surface area contributed by atoms with Gasteiger partial charge in [-0.2, -0.15) is 0 Å². The molecule has 3 heteroatoms. The van der Waals surface area contributed by atoms with Crippen LogP contribution in [0.15, 0.2) is 17.3 Å². The van der Waals surface area contributed by atoms with Crippen molar-refractivity contribution >= 4 is 5.71 Å². The summed E-state index contributed by atoms with van der Waals surface area (Å²) < 4.78 is 0. The van der Waals surface area contributed by atoms with E-state index in [0.29, 0.717) is 0 Å². The van der Waals surface area contributed by atoms with Crippen molar-refractivity contribution in [3.8, 4) is 0 Å². The Balaban J connectivity index is 2.43. The van der Waals surface area contributed by atoms with Crippen LogP contribution in [0.4, 0.5) is 0 Å². The first kappa shape index (κ1) is 12.1. The molecule has 0 fully saturated rings. The Bertz CT molecular complexity index is 442. The molecule has 0 saturated carbocycles. The minimum Gasteiger partial charge on any atom is -0.392 e. The first-order valence-electron chi connectivity index (χ1n) is 5.97. The second-order valence-electron chi connectivity index (χ2n) is 4.87. The summed E-state index contributed by atoms with van der Waals surface area (Å²) in [5.74, 6) is 0.139. The summed E-state index contributed by atoms with van der Waals surface area (Å²) in [5, 5.41) is 13.3. The largest absolute Gasteiger partial charge is 0.392 e. The molecule has 2 rings (SSSR count). The van der Waals surface area contributed by atoms with E-state index >= 15 is 0 Å². The minimum atomic E-state index is -0.204. The van der Waals surface area contributed by atoms with Crippen LogP contribution in [0.3, 0.4) is 0 Å². The predicted molar refractivity (Wildman–Crippen MR) is 68.3 cm³/mol. The Kier molecular flexibility index (Phi) is 3.20. The van der Waals surface area contributed by atoms with Crippen LogP contribution in [0.25, 0.3) is 0 Å². The Morgan fingerprint density at radius 1 is 1.24 bits per heavy atom. The highest BCUT2D eigenvalue weighted by Crippen LogP contribution is 2.27. The van der Waals surface area contributed by atoms with Gasteiger partial charge in [-0.3, -0.25) is 0 Å². The van der Waals surface area contributed by atoms with Crippen LogP contribution in [-0.4, -0.2) is 23.5 Å². The molecule has 1 aromatic rings. The Labute approximate surface area is 102 Å². The van der Waals surface area contributed by atoms with Gasteiger partial charge in [-0.25, -0.2) is 0 Å². The van der Waals surface area contributed by atoms with Crippen LogP contribution in [0.1, 0.15) is 29.2 Å². The summed E-state index contributed by atoms with van der Waals surface area (Å²) >= 11 is 0. The van der Waals surface area contributed by atoms with Crippen LogP contribution in [0.5, 0.6) is 0 Å². The lowest BCUT2D eigenvalue weighted by molar-refractivity contribution is 0.0211. The number of benzene rings is 1. The molecule has 0 unspecified atom stereocenters. The van der Waals surface area contributed by atoms with Gasteiger partial charge in [0.25, 0.3) is 0 Å². The van der Waals surface area contributed by atoms with Gasteiger partial charge in [0.15, 0.2) is 6.10 Å². The van der Waals surface area contributed by atoms with Gasteiger partial charge in [0.1, 0.15) is 0 Å². The van der Waals surface area contributed by atoms with Gasteiger partial charge in [0.05, 0.1) is 12.3 Å². The molecule has 0 saturated heterocycles. The fourth-order valence-corrected chi connectivity index (χ4v) is 2.52. The molecule has 1 heterocycles. The monoisotopic (exact) mass is 233 g/mol. The molecule has 0 amide bonds. The van der Waals surface area contributed by atoms with E-state index in [9.17, 15) is 5.11 Å². The van der Waals surface area contributed by atoms with Crippen molar-refractivity contribution in [2.45, 2.75) is 33.8 Å². The van der Waals surface area contributed by atoms with E-state index in [1.165, 1.54) is 22.3 Å². The smallest absolute Gasteiger partial charge is 0.158 e. The van der Waals surface area contributed by atoms with Crippen LogP contribution < -0.4 is 0 Å². The van der Waals surface area contributed by atoms with E-state index < -0.39 is 0 Å². The van der Waals surface area contributed by atoms with E-state index in [1.807, 2.05) is 6.92 Å². The number of rotatable bonds is 2. The van der Waals surface area contributed by atoms with Crippen molar-refractivity contribution < 1.29 is 9.94 Å². The average molecular weight is 233 g/mol. The highest BCUT2D eigenvalue weighted by molar-refractivity contribution is 6.05. The molecule has 0 aromatic heterocycles. The van der Waals surface area contributed by atoms with Gasteiger partial charge in [-0.05, 0) is 31.9 Å². The number of oxime groups is 1. The van der Waals surface area contributed by atoms with E-state index in [4.69, 9.17) is 4.84 Å². The minimum absolute atomic E-state index is 0.0120. The fourth-order valence-electron chi connectivity index (χ4n) is 2.52. The number of aryl methyl sites for hydroxylation is 3. The summed E-state index contributed by atoms with van der Waals surface area (Å²) in [6, 6.07) is 4.31. The molecule has 0 radical (unpaired) electrons. The quantitative estimate of drug-likeness (QED) is 0.852. The van der Waals surface area contributed by atoms with Crippen LogP contribution in [0, 0.1) is 26.7 Å². The van der Waals surface area contributed by atoms with Gasteiger partial charge in [0, 0.05) is 11.5 Å². The molecule has 0 aliphatic carbocycles. The lowest BCUT2D eigenvalue weighted by Gasteiger charge is -2.15. The van der Waals surface area contributed by atoms with Gasteiger partial charge in [0.2, 0.25) is 0 Å². The number of hydrogen-bond donors (Lipinski definition) is 1. The molecule has 1 aliphatic heterocycles. The summed E-state index contributed by atoms with van der Waals surface area (Å²) in [4.78, 5) is 5.26. The second kappa shape index (κ2) is 4.49. The SMILES string of the molecule is Cc1cc(C)c(C2=NO[C@@H](CO)[C@@H]2C)c(C)c1. The summed E-state index contributed by atoms with van der Waals surface area (Å²) in [6.45, 7) is 8.34. The Morgan fingerprint density at radius 2 is 1.82 bits per heavy atom. The van der Waals surface area contributed by atoms with Crippen LogP contribution in [0.2, 0.25) is 0 Å². The Hall–Kier alpha value is -1.35. The third-order valence-corrected chi connectivity index (χ3v) is 3.39. The molecule has 0 bridgehead atoms. The van der Waals surface area contributed by atoms with E-state index in [0.717, 1.165) is 5.71 Å². The predicted octanol–water partition coefficient (Wildman–Crippen LogP) is 2.34. The normalized spacial score (nSPS) is 23.5. The first-order valence-corrected chi connectivity index (χ1v) is 5.97. The van der Waals surface area contributed by atoms with Gasteiger partial charge in [-0.15, -0.1) is 0 Å². The molecule has 1 N–H and O–H groups in total. The average Bonchev–Trinajstić information content (AvgIpc) is 2.59. The third kappa shape index (κ3) is 2.07. The zero-order valence-electron chi connectivity index (χ0n) is 10.8. The van der Waals surface area contributed by atoms with Crippen LogP contribution >= 0.6 is 0 Å². The summed E-state index contributed by atoms with van der Waals surface area (Å²) in [6.07, 6.45) is -0.204. The van der Waals surface area contributed by atoms with E-state index in [-0.39, 0.29) is 18.6 Å². The van der Waals surface area contributed by atoms with Crippen molar-refractivity contribution in [2.75, 3.05) is 6.61 Å². The molecule has 0 spiro atoms. The van der Waals surface area contributed by atoms with Crippen LogP contribution in [-0.2, 0) is 4.84 Å². The second-order valence-corrected chi connectivity index (χ2v) is 4.87. The summed E-state index contributed by atoms with van der Waals surface area (Å²) in [5.41, 5.74) is 5.82. The fraction of sp³-hybridized carbons (Fsp3) is 0.500. The van der Waals surface area contributed by atoms with Crippen molar-refractivity contribution in [3.05, 3.63) is 34.4 Å². The zero-order chi connectivity index (χ0) is 12.6. The highest BCUT2D eigenvalue weighted by Gasteiger charge is 2.32. The lowest BCUT2D eigenvalue weighted by Crippen LogP contribution is -2.25. The Morgan fingerprint density at radius 3 is 2.29 bits per heavy atom. The van der Waals surface area contributed by atoms with Crippen molar-refractivity contribution in [2.24, 2.45) is 11.1 Å². The summed E-state index contributed by atoms with van der Waals surface area (Å²) in [7, 11) is 0. The molecular weight excluding hydrogens is 214 g/mol. The molecule has 3 nitrogen and oxygen atoms in total.